The average molecular weight is 409 g/mol. The van der Waals surface area contributed by atoms with Gasteiger partial charge in [-0.15, -0.1) is 0 Å². The molecular formula is C14H9BrN4O2S2. The molecular weight excluding hydrogens is 400 g/mol. The maximum Gasteiger partial charge on any atom is 0.264 e. The van der Waals surface area contributed by atoms with E-state index in [2.05, 4.69) is 34.4 Å². The number of sulfonamides is 1. The molecule has 2 N–H and O–H groups in total. The van der Waals surface area contributed by atoms with E-state index in [9.17, 15) is 8.42 Å². The van der Waals surface area contributed by atoms with Crippen LogP contribution in [0.2, 0.25) is 0 Å². The number of nitrogens with one attached hydrogen (secondary N) is 2. The Hall–Kier alpha value is -1.97. The Morgan fingerprint density at radius 2 is 1.91 bits per heavy atom. The number of benzene rings is 2. The molecule has 0 fully saturated rings. The first kappa shape index (κ1) is 14.6. The van der Waals surface area contributed by atoms with E-state index < -0.39 is 10.0 Å². The molecule has 0 aliphatic rings. The van der Waals surface area contributed by atoms with Crippen LogP contribution in [-0.4, -0.2) is 22.1 Å². The number of rotatable bonds is 3. The second kappa shape index (κ2) is 5.29. The average Bonchev–Trinajstić information content (AvgIpc) is 3.12. The molecule has 6 nitrogen and oxygen atoms in total. The molecule has 4 aromatic rings. The summed E-state index contributed by atoms with van der Waals surface area (Å²) >= 11 is 4.46. The number of H-pyrrole nitrogens is 1. The van der Waals surface area contributed by atoms with Gasteiger partial charge in [0.05, 0.1) is 17.4 Å². The molecule has 0 aliphatic carbocycles. The smallest absolute Gasteiger partial charge is 0.264 e. The fourth-order valence-corrected chi connectivity index (χ4v) is 4.46. The number of aromatic amines is 1. The minimum Gasteiger partial charge on any atom is -0.360 e. The van der Waals surface area contributed by atoms with Crippen LogP contribution in [0, 0.1) is 0 Å². The van der Waals surface area contributed by atoms with Crippen molar-refractivity contribution >= 4 is 65.3 Å². The van der Waals surface area contributed by atoms with Crippen molar-refractivity contribution in [3.8, 4) is 0 Å². The highest BCUT2D eigenvalue weighted by atomic mass is 79.9. The number of hydrogen-bond acceptors (Lipinski definition) is 5. The summed E-state index contributed by atoms with van der Waals surface area (Å²) < 4.78 is 37.0. The number of nitrogens with zero attached hydrogens (tertiary/aromatic N) is 2. The molecule has 0 atom stereocenters. The van der Waals surface area contributed by atoms with Crippen molar-refractivity contribution in [2.45, 2.75) is 4.90 Å². The van der Waals surface area contributed by atoms with Crippen molar-refractivity contribution in [1.29, 1.82) is 0 Å². The highest BCUT2D eigenvalue weighted by Gasteiger charge is 2.19. The van der Waals surface area contributed by atoms with Crippen LogP contribution in [0.4, 0.5) is 5.69 Å². The summed E-state index contributed by atoms with van der Waals surface area (Å²) in [5, 5.41) is 0.636. The normalized spacial score (nSPS) is 12.0. The van der Waals surface area contributed by atoms with Gasteiger partial charge in [-0.25, -0.2) is 8.42 Å². The molecule has 0 unspecified atom stereocenters. The highest BCUT2D eigenvalue weighted by Crippen LogP contribution is 2.27. The number of aromatic nitrogens is 3. The van der Waals surface area contributed by atoms with Crippen molar-refractivity contribution in [3.63, 3.8) is 0 Å². The second-order valence-corrected chi connectivity index (χ2v) is 8.01. The Labute approximate surface area is 144 Å². The van der Waals surface area contributed by atoms with Gasteiger partial charge in [-0.1, -0.05) is 22.0 Å². The molecule has 0 saturated carbocycles. The van der Waals surface area contributed by atoms with Crippen LogP contribution in [0.5, 0.6) is 0 Å². The van der Waals surface area contributed by atoms with E-state index >= 15 is 0 Å². The zero-order valence-corrected chi connectivity index (χ0v) is 14.7. The zero-order valence-electron chi connectivity index (χ0n) is 11.4. The molecule has 0 bridgehead atoms. The molecule has 0 saturated heterocycles. The van der Waals surface area contributed by atoms with E-state index in [0.29, 0.717) is 16.6 Å². The lowest BCUT2D eigenvalue weighted by Gasteiger charge is -2.07. The van der Waals surface area contributed by atoms with E-state index in [1.54, 1.807) is 24.3 Å². The van der Waals surface area contributed by atoms with Crippen LogP contribution in [0.3, 0.4) is 0 Å². The van der Waals surface area contributed by atoms with Crippen LogP contribution >= 0.6 is 27.7 Å². The first-order chi connectivity index (χ1) is 11.0. The minimum absolute atomic E-state index is 0.205. The molecule has 0 aliphatic heterocycles. The largest absolute Gasteiger partial charge is 0.360 e. The van der Waals surface area contributed by atoms with Gasteiger partial charge in [0.2, 0.25) is 0 Å². The van der Waals surface area contributed by atoms with E-state index in [1.165, 1.54) is 6.20 Å². The second-order valence-electron chi connectivity index (χ2n) is 4.92. The maximum atomic E-state index is 12.7. The summed E-state index contributed by atoms with van der Waals surface area (Å²) in [7, 11) is -3.70. The summed E-state index contributed by atoms with van der Waals surface area (Å²) in [5.41, 5.74) is 2.61. The molecule has 9 heteroatoms. The lowest BCUT2D eigenvalue weighted by molar-refractivity contribution is 0.602. The third-order valence-electron chi connectivity index (χ3n) is 3.40. The van der Waals surface area contributed by atoms with Crippen molar-refractivity contribution in [3.05, 3.63) is 47.1 Å². The number of fused-ring (bicyclic) bond motifs is 2. The van der Waals surface area contributed by atoms with Crippen LogP contribution in [-0.2, 0) is 10.0 Å². The van der Waals surface area contributed by atoms with E-state index in [0.717, 1.165) is 27.2 Å². The van der Waals surface area contributed by atoms with Gasteiger partial charge in [-0.2, -0.15) is 8.75 Å². The Kier molecular flexibility index (Phi) is 3.36. The summed E-state index contributed by atoms with van der Waals surface area (Å²) in [6.07, 6.45) is 1.49. The predicted molar refractivity (Wildman–Crippen MR) is 94.2 cm³/mol. The fraction of sp³-hybridized carbons (Fsp3) is 0. The Bertz CT molecular complexity index is 1130. The number of halogens is 1. The Balaban J connectivity index is 1.76. The Morgan fingerprint density at radius 3 is 2.78 bits per heavy atom. The molecule has 0 spiro atoms. The minimum atomic E-state index is -3.70. The topological polar surface area (TPSA) is 87.7 Å². The van der Waals surface area contributed by atoms with Crippen LogP contribution < -0.4 is 4.72 Å². The Morgan fingerprint density at radius 1 is 1.09 bits per heavy atom. The quantitative estimate of drug-likeness (QED) is 0.540. The highest BCUT2D eigenvalue weighted by molar-refractivity contribution is 9.10. The van der Waals surface area contributed by atoms with Gasteiger partial charge in [-0.05, 0) is 30.3 Å². The first-order valence-electron chi connectivity index (χ1n) is 6.55. The molecule has 2 heterocycles. The van der Waals surface area contributed by atoms with Crippen molar-refractivity contribution in [2.75, 3.05) is 4.72 Å². The van der Waals surface area contributed by atoms with Crippen LogP contribution in [0.1, 0.15) is 0 Å². The van der Waals surface area contributed by atoms with Gasteiger partial charge in [0.1, 0.15) is 15.9 Å². The van der Waals surface area contributed by atoms with Gasteiger partial charge >= 0.3 is 0 Å². The van der Waals surface area contributed by atoms with Gasteiger partial charge in [0.25, 0.3) is 10.0 Å². The molecule has 2 aromatic heterocycles. The van der Waals surface area contributed by atoms with Crippen molar-refractivity contribution in [2.24, 2.45) is 0 Å². The molecule has 0 radical (unpaired) electrons. The monoisotopic (exact) mass is 408 g/mol. The molecule has 2 aromatic carbocycles. The van der Waals surface area contributed by atoms with E-state index in [-0.39, 0.29) is 4.90 Å². The van der Waals surface area contributed by atoms with Gasteiger partial charge in [0, 0.05) is 21.6 Å². The summed E-state index contributed by atoms with van der Waals surface area (Å²) in [5.74, 6) is 0. The molecule has 23 heavy (non-hydrogen) atoms. The third kappa shape index (κ3) is 2.60. The maximum absolute atomic E-state index is 12.7. The lowest BCUT2D eigenvalue weighted by atomic mass is 10.2. The van der Waals surface area contributed by atoms with E-state index in [4.69, 9.17) is 0 Å². The predicted octanol–water partition coefficient (Wildman–Crippen LogP) is 3.74. The SMILES string of the molecule is O=S(=O)(Nc1ccc2nsnc2c1)c1c[nH]c2cc(Br)ccc12. The summed E-state index contributed by atoms with van der Waals surface area (Å²) in [6.45, 7) is 0. The summed E-state index contributed by atoms with van der Waals surface area (Å²) in [6, 6.07) is 10.5. The van der Waals surface area contributed by atoms with Crippen LogP contribution in [0.25, 0.3) is 21.9 Å². The lowest BCUT2D eigenvalue weighted by Crippen LogP contribution is -2.12. The van der Waals surface area contributed by atoms with Gasteiger partial charge in [0.15, 0.2) is 0 Å². The number of anilines is 1. The fourth-order valence-electron chi connectivity index (χ4n) is 2.35. The zero-order chi connectivity index (χ0) is 16.0. The molecule has 4 rings (SSSR count). The molecule has 116 valence electrons. The van der Waals surface area contributed by atoms with Crippen molar-refractivity contribution in [1.82, 2.24) is 13.7 Å². The van der Waals surface area contributed by atoms with Crippen LogP contribution in [0.15, 0.2) is 52.0 Å². The summed E-state index contributed by atoms with van der Waals surface area (Å²) in [4.78, 5) is 3.18. The molecule has 0 amide bonds. The van der Waals surface area contributed by atoms with Crippen molar-refractivity contribution < 1.29 is 8.42 Å². The van der Waals surface area contributed by atoms with E-state index in [1.807, 2.05) is 12.1 Å². The van der Waals surface area contributed by atoms with Gasteiger partial charge in [-0.3, -0.25) is 4.72 Å². The standard InChI is InChI=1S/C14H9BrN4O2S2/c15-8-1-3-10-12(5-8)16-7-14(10)23(20,21)19-9-2-4-11-13(6-9)18-22-17-11/h1-7,16,19H. The first-order valence-corrected chi connectivity index (χ1v) is 9.55. The van der Waals surface area contributed by atoms with Gasteiger partial charge < -0.3 is 4.98 Å². The third-order valence-corrected chi connectivity index (χ3v) is 5.87. The number of hydrogen-bond donors (Lipinski definition) is 2.